The first-order chi connectivity index (χ1) is 11.5. The van der Waals surface area contributed by atoms with E-state index in [9.17, 15) is 9.18 Å². The Morgan fingerprint density at radius 1 is 1.17 bits per heavy atom. The van der Waals surface area contributed by atoms with Gasteiger partial charge in [0, 0.05) is 44.3 Å². The molecule has 2 heterocycles. The molecule has 1 aromatic rings. The van der Waals surface area contributed by atoms with E-state index >= 15 is 0 Å². The molecule has 0 N–H and O–H groups in total. The summed E-state index contributed by atoms with van der Waals surface area (Å²) in [4.78, 5) is 19.3. The highest BCUT2D eigenvalue weighted by atomic mass is 19.1. The average molecular weight is 333 g/mol. The van der Waals surface area contributed by atoms with Crippen LogP contribution in [-0.4, -0.2) is 73.0 Å². The highest BCUT2D eigenvalue weighted by Gasteiger charge is 2.26. The fourth-order valence-corrected chi connectivity index (χ4v) is 3.71. The molecule has 5 heteroatoms. The molecule has 2 aliphatic heterocycles. The molecular weight excluding hydrogens is 305 g/mol. The lowest BCUT2D eigenvalue weighted by Crippen LogP contribution is -2.53. The summed E-state index contributed by atoms with van der Waals surface area (Å²) >= 11 is 0. The Morgan fingerprint density at radius 3 is 2.58 bits per heavy atom. The van der Waals surface area contributed by atoms with Gasteiger partial charge in [-0.3, -0.25) is 9.69 Å². The first-order valence-electron chi connectivity index (χ1n) is 9.02. The molecule has 0 spiro atoms. The molecule has 0 unspecified atom stereocenters. The molecule has 2 fully saturated rings. The van der Waals surface area contributed by atoms with E-state index < -0.39 is 0 Å². The number of carbonyl (C=O) groups excluding carboxylic acids is 1. The van der Waals surface area contributed by atoms with Crippen molar-refractivity contribution in [2.45, 2.75) is 32.2 Å². The predicted molar refractivity (Wildman–Crippen MR) is 93.7 cm³/mol. The van der Waals surface area contributed by atoms with Gasteiger partial charge in [0.15, 0.2) is 0 Å². The van der Waals surface area contributed by atoms with Crippen molar-refractivity contribution in [1.29, 1.82) is 0 Å². The van der Waals surface area contributed by atoms with E-state index in [1.54, 1.807) is 19.1 Å². The van der Waals surface area contributed by atoms with Gasteiger partial charge in [0.05, 0.1) is 0 Å². The number of rotatable bonds is 3. The molecule has 3 rings (SSSR count). The van der Waals surface area contributed by atoms with Gasteiger partial charge in [-0.05, 0) is 51.1 Å². The number of halogens is 1. The molecule has 1 aromatic carbocycles. The van der Waals surface area contributed by atoms with E-state index in [4.69, 9.17) is 0 Å². The summed E-state index contributed by atoms with van der Waals surface area (Å²) in [7, 11) is 2.22. The van der Waals surface area contributed by atoms with Crippen molar-refractivity contribution >= 4 is 5.91 Å². The number of benzene rings is 1. The third kappa shape index (κ3) is 3.95. The SMILES string of the molecule is Cc1ccc(C(=O)N2CCN(C[C@@H]3CCCCN3C)CC2)cc1F. The number of hydrogen-bond acceptors (Lipinski definition) is 3. The van der Waals surface area contributed by atoms with Gasteiger partial charge in [-0.15, -0.1) is 0 Å². The van der Waals surface area contributed by atoms with Gasteiger partial charge in [0.1, 0.15) is 5.82 Å². The van der Waals surface area contributed by atoms with Crippen LogP contribution in [0.2, 0.25) is 0 Å². The molecule has 0 aromatic heterocycles. The molecule has 0 radical (unpaired) electrons. The van der Waals surface area contributed by atoms with Crippen molar-refractivity contribution in [2.24, 2.45) is 0 Å². The highest BCUT2D eigenvalue weighted by Crippen LogP contribution is 2.18. The summed E-state index contributed by atoms with van der Waals surface area (Å²) < 4.78 is 13.7. The van der Waals surface area contributed by atoms with Gasteiger partial charge < -0.3 is 9.80 Å². The number of piperazine rings is 1. The van der Waals surface area contributed by atoms with Gasteiger partial charge in [-0.2, -0.15) is 0 Å². The molecule has 0 saturated carbocycles. The van der Waals surface area contributed by atoms with Crippen molar-refractivity contribution in [3.8, 4) is 0 Å². The fourth-order valence-electron chi connectivity index (χ4n) is 3.71. The second-order valence-electron chi connectivity index (χ2n) is 7.19. The molecule has 24 heavy (non-hydrogen) atoms. The van der Waals surface area contributed by atoms with Crippen molar-refractivity contribution in [1.82, 2.24) is 14.7 Å². The van der Waals surface area contributed by atoms with Crippen LogP contribution < -0.4 is 0 Å². The molecule has 1 amide bonds. The lowest BCUT2D eigenvalue weighted by atomic mass is 10.0. The third-order valence-corrected chi connectivity index (χ3v) is 5.47. The number of aryl methyl sites for hydroxylation is 1. The number of amides is 1. The molecular formula is C19H28FN3O. The van der Waals surface area contributed by atoms with Crippen LogP contribution in [0.15, 0.2) is 18.2 Å². The van der Waals surface area contributed by atoms with Crippen LogP contribution in [-0.2, 0) is 0 Å². The highest BCUT2D eigenvalue weighted by molar-refractivity contribution is 5.94. The number of likely N-dealkylation sites (N-methyl/N-ethyl adjacent to an activating group) is 1. The van der Waals surface area contributed by atoms with Crippen LogP contribution in [0.25, 0.3) is 0 Å². The number of likely N-dealkylation sites (tertiary alicyclic amines) is 1. The Balaban J connectivity index is 1.52. The second kappa shape index (κ2) is 7.62. The summed E-state index contributed by atoms with van der Waals surface area (Å²) in [5.74, 6) is -0.358. The Labute approximate surface area is 144 Å². The normalized spacial score (nSPS) is 23.5. The summed E-state index contributed by atoms with van der Waals surface area (Å²) in [6.45, 7) is 7.27. The smallest absolute Gasteiger partial charge is 0.254 e. The van der Waals surface area contributed by atoms with E-state index in [2.05, 4.69) is 16.8 Å². The van der Waals surface area contributed by atoms with E-state index in [0.29, 0.717) is 17.2 Å². The van der Waals surface area contributed by atoms with Crippen LogP contribution in [0.1, 0.15) is 35.2 Å². The minimum atomic E-state index is -0.306. The van der Waals surface area contributed by atoms with Crippen molar-refractivity contribution in [3.05, 3.63) is 35.1 Å². The molecule has 4 nitrogen and oxygen atoms in total. The molecule has 0 bridgehead atoms. The van der Waals surface area contributed by atoms with E-state index in [-0.39, 0.29) is 11.7 Å². The van der Waals surface area contributed by atoms with Gasteiger partial charge in [0.25, 0.3) is 5.91 Å². The number of nitrogens with zero attached hydrogens (tertiary/aromatic N) is 3. The van der Waals surface area contributed by atoms with Crippen molar-refractivity contribution in [2.75, 3.05) is 46.3 Å². The second-order valence-corrected chi connectivity index (χ2v) is 7.19. The maximum absolute atomic E-state index is 13.7. The minimum absolute atomic E-state index is 0.0525. The Hall–Kier alpha value is -1.46. The summed E-state index contributed by atoms with van der Waals surface area (Å²) in [6, 6.07) is 5.41. The monoisotopic (exact) mass is 333 g/mol. The Bertz CT molecular complexity index is 584. The molecule has 132 valence electrons. The maximum Gasteiger partial charge on any atom is 0.254 e. The number of piperidine rings is 1. The maximum atomic E-state index is 13.7. The van der Waals surface area contributed by atoms with Gasteiger partial charge in [-0.25, -0.2) is 4.39 Å². The predicted octanol–water partition coefficient (Wildman–Crippen LogP) is 2.38. The zero-order chi connectivity index (χ0) is 17.1. The Kier molecular flexibility index (Phi) is 5.51. The zero-order valence-electron chi connectivity index (χ0n) is 14.8. The van der Waals surface area contributed by atoms with Gasteiger partial charge in [-0.1, -0.05) is 12.5 Å². The Morgan fingerprint density at radius 2 is 1.92 bits per heavy atom. The fraction of sp³-hybridized carbons (Fsp3) is 0.632. The molecule has 1 atom stereocenters. The first kappa shape index (κ1) is 17.4. The zero-order valence-corrected chi connectivity index (χ0v) is 14.8. The minimum Gasteiger partial charge on any atom is -0.336 e. The van der Waals surface area contributed by atoms with Crippen LogP contribution >= 0.6 is 0 Å². The van der Waals surface area contributed by atoms with Crippen molar-refractivity contribution in [3.63, 3.8) is 0 Å². The summed E-state index contributed by atoms with van der Waals surface area (Å²) in [6.07, 6.45) is 3.91. The molecule has 2 aliphatic rings. The number of carbonyl (C=O) groups is 1. The van der Waals surface area contributed by atoms with Gasteiger partial charge in [0.2, 0.25) is 0 Å². The molecule has 2 saturated heterocycles. The van der Waals surface area contributed by atoms with Crippen molar-refractivity contribution < 1.29 is 9.18 Å². The number of hydrogen-bond donors (Lipinski definition) is 0. The third-order valence-electron chi connectivity index (χ3n) is 5.47. The van der Waals surface area contributed by atoms with Gasteiger partial charge >= 0.3 is 0 Å². The van der Waals surface area contributed by atoms with E-state index in [1.807, 2.05) is 4.90 Å². The van der Waals surface area contributed by atoms with Crippen LogP contribution in [0.5, 0.6) is 0 Å². The molecule has 0 aliphatic carbocycles. The largest absolute Gasteiger partial charge is 0.336 e. The van der Waals surface area contributed by atoms with E-state index in [1.165, 1.54) is 31.9 Å². The van der Waals surface area contributed by atoms with Crippen LogP contribution in [0.4, 0.5) is 4.39 Å². The lowest BCUT2D eigenvalue weighted by Gasteiger charge is -2.40. The first-order valence-corrected chi connectivity index (χ1v) is 9.02. The van der Waals surface area contributed by atoms with Crippen LogP contribution in [0.3, 0.4) is 0 Å². The average Bonchev–Trinajstić information content (AvgIpc) is 2.59. The van der Waals surface area contributed by atoms with E-state index in [0.717, 1.165) is 32.7 Å². The summed E-state index contributed by atoms with van der Waals surface area (Å²) in [5, 5.41) is 0. The quantitative estimate of drug-likeness (QED) is 0.850. The standard InChI is InChI=1S/C19H28FN3O/c1-15-6-7-16(13-18(15)20)19(24)23-11-9-22(10-12-23)14-17-5-3-4-8-21(17)2/h6-7,13,17H,3-5,8-12,14H2,1-2H3/t17-/m0/s1. The lowest BCUT2D eigenvalue weighted by molar-refractivity contribution is 0.0564. The summed E-state index contributed by atoms with van der Waals surface area (Å²) in [5.41, 5.74) is 1.03. The topological polar surface area (TPSA) is 26.8 Å². The van der Waals surface area contributed by atoms with Crippen LogP contribution in [0, 0.1) is 12.7 Å².